The maximum atomic E-state index is 12.8. The van der Waals surface area contributed by atoms with Crippen LogP contribution in [-0.2, 0) is 153 Å². The number of hydrogen-bond acceptors (Lipinski definition) is 41. The number of aliphatic hydroxyl groups excluding tert-OH is 9. The van der Waals surface area contributed by atoms with E-state index in [2.05, 4.69) is 38.0 Å². The highest BCUT2D eigenvalue weighted by Gasteiger charge is 2.56. The molecular formula is C53H88N4O45S4. The summed E-state index contributed by atoms with van der Waals surface area (Å²) in [5.41, 5.74) is 0. The Hall–Kier alpha value is -3.64. The molecular weight excluding hydrogens is 1540 g/mol. The van der Waals surface area contributed by atoms with E-state index in [1.807, 2.05) is 0 Å². The van der Waals surface area contributed by atoms with E-state index in [0.29, 0.717) is 0 Å². The van der Waals surface area contributed by atoms with E-state index in [1.54, 1.807) is 0 Å². The molecule has 0 aromatic carbocycles. The summed E-state index contributed by atoms with van der Waals surface area (Å²) >= 11 is 0. The van der Waals surface area contributed by atoms with Crippen molar-refractivity contribution in [2.24, 2.45) is 0 Å². The molecule has 8 aliphatic rings. The topological polar surface area (TPSA) is 701 Å². The Morgan fingerprint density at radius 1 is 0.340 bits per heavy atom. The number of rotatable bonds is 31. The molecule has 8 unspecified atom stereocenters. The van der Waals surface area contributed by atoms with Gasteiger partial charge < -0.3 is 143 Å². The molecule has 614 valence electrons. The van der Waals surface area contributed by atoms with Crippen LogP contribution >= 0.6 is 0 Å². The Labute approximate surface area is 603 Å². The standard InChI is InChI=1S/C53H88N4O45S4/c1-18(58)54-38-42(67)46(30(95-50(38)83-5)14-88-103(71,72)73)100-35-7-23(63)27(11-85-35)93-52-40(56-20(3)60)44(69)48(32(97-52)16-90-105(77,78)79)102-37-9-25(65)29(13-87-37)94-53-41(57-21(4)61)45(70)49(33(98-53)17-91-106(80,81)82)101-36-8-24(64)28(12-86-36)92-51-39(55-19(2)59)43(68)47(31(96-51)15-89-104(74,75)76)99-34-6-22(62)26(66)10-84-34/h22-53,62-70H,6-17H2,1-5H3,(H,54,58)(H,55,59)(H,56,60)(H,57,61)(H,71,72,73)(H,74,75,76)(H,77,78,79)(H,80,81,82)/t22-,23-,24-,25-,26+,27-,28-,29-,30?,31?,32?,33?,34-,35-,36-,37-,38?,39?,40?,41?,42+,43+,44+,45+,46+,47+,48+,49+,50-,51+,52+,53+/m0/s1. The van der Waals surface area contributed by atoms with Gasteiger partial charge in [-0.2, -0.15) is 33.7 Å². The molecule has 49 nitrogen and oxygen atoms in total. The van der Waals surface area contributed by atoms with Gasteiger partial charge in [-0.1, -0.05) is 0 Å². The van der Waals surface area contributed by atoms with Crippen molar-refractivity contribution >= 4 is 65.2 Å². The van der Waals surface area contributed by atoms with Gasteiger partial charge in [0.1, 0.15) is 122 Å². The minimum atomic E-state index is -5.33. The number of methoxy groups -OCH3 is 1. The molecule has 4 amide bonds. The number of hydrogen-bond donors (Lipinski definition) is 17. The Morgan fingerprint density at radius 2 is 0.566 bits per heavy atom. The SMILES string of the molecule is CO[C@H]1OC(COS(=O)(=O)O)[C@@H](O[C@H]2C[C@H](O)[C@@H](O[C@@H]3OC(COS(=O)(=O)O)[C@@H](O[C@H]4C[C@H](O)[C@@H](O[C@@H]5OC(COS(=O)(=O)O)[C@@H](O[C@H]6C[C@H](O)[C@@H](O[C@@H]7OC(COS(=O)(=O)O)[C@@H](O[C@H]8C[C@H](O)[C@H](O)CO8)[C@H](O)C7NC(C)=O)CO6)[C@H](O)C5NC(C)=O)CO4)[C@H](O)C3NC(C)=O)CO2)[C@H](O)C1NC(C)=O. The van der Waals surface area contributed by atoms with Gasteiger partial charge in [0.2, 0.25) is 23.6 Å². The monoisotopic (exact) mass is 1630 g/mol. The zero-order valence-electron chi connectivity index (χ0n) is 56.5. The lowest BCUT2D eigenvalue weighted by Crippen LogP contribution is -2.68. The number of aliphatic hydroxyl groups is 9. The summed E-state index contributed by atoms with van der Waals surface area (Å²) in [6, 6.07) is -6.46. The fourth-order valence-electron chi connectivity index (χ4n) is 12.5. The predicted molar refractivity (Wildman–Crippen MR) is 328 cm³/mol. The minimum Gasteiger partial charge on any atom is -0.390 e. The Bertz CT molecular complexity index is 3380. The highest BCUT2D eigenvalue weighted by molar-refractivity contribution is 7.81. The summed E-state index contributed by atoms with van der Waals surface area (Å²) in [6.07, 6.45) is -49.7. The van der Waals surface area contributed by atoms with Gasteiger partial charge in [-0.25, -0.2) is 16.7 Å². The molecule has 0 aromatic rings. The van der Waals surface area contributed by atoms with Crippen LogP contribution in [0.4, 0.5) is 0 Å². The summed E-state index contributed by atoms with van der Waals surface area (Å²) in [5, 5.41) is 111. The molecule has 106 heavy (non-hydrogen) atoms. The molecule has 8 rings (SSSR count). The van der Waals surface area contributed by atoms with E-state index in [4.69, 9.17) is 75.8 Å². The number of ether oxygens (including phenoxy) is 16. The lowest BCUT2D eigenvalue weighted by Gasteiger charge is -2.48. The predicted octanol–water partition coefficient (Wildman–Crippen LogP) is -11.2. The van der Waals surface area contributed by atoms with Crippen LogP contribution in [0.2, 0.25) is 0 Å². The first-order valence-corrected chi connectivity index (χ1v) is 37.8. The minimum absolute atomic E-state index is 0.369. The zero-order chi connectivity index (χ0) is 78.2. The third kappa shape index (κ3) is 25.2. The summed E-state index contributed by atoms with van der Waals surface area (Å²) in [5.74, 6) is -3.17. The Kier molecular flexibility index (Phi) is 31.3. The molecule has 0 radical (unpaired) electrons. The van der Waals surface area contributed by atoms with Crippen LogP contribution in [0.5, 0.6) is 0 Å². The van der Waals surface area contributed by atoms with E-state index in [0.717, 1.165) is 34.8 Å². The lowest BCUT2D eigenvalue weighted by atomic mass is 9.95. The summed E-state index contributed by atoms with van der Waals surface area (Å²) < 4.78 is 244. The van der Waals surface area contributed by atoms with Crippen LogP contribution in [0.15, 0.2) is 0 Å². The van der Waals surface area contributed by atoms with Gasteiger partial charge in [-0.15, -0.1) is 0 Å². The van der Waals surface area contributed by atoms with Crippen molar-refractivity contribution in [3.8, 4) is 0 Å². The molecule has 53 heteroatoms. The van der Waals surface area contributed by atoms with Crippen molar-refractivity contribution in [2.75, 3.05) is 60.0 Å². The highest BCUT2D eigenvalue weighted by atomic mass is 32.3. The van der Waals surface area contributed by atoms with Crippen LogP contribution in [-0.4, -0.2) is 378 Å². The normalized spacial score (nSPS) is 41.6. The van der Waals surface area contributed by atoms with Crippen molar-refractivity contribution in [2.45, 2.75) is 250 Å². The number of nitrogens with one attached hydrogen (secondary N) is 4. The first-order chi connectivity index (χ1) is 49.4. The van der Waals surface area contributed by atoms with Crippen molar-refractivity contribution in [3.63, 3.8) is 0 Å². The molecule has 17 N–H and O–H groups in total. The summed E-state index contributed by atoms with van der Waals surface area (Å²) in [7, 11) is -19.8. The van der Waals surface area contributed by atoms with Crippen LogP contribution in [0, 0.1) is 0 Å². The average Bonchev–Trinajstić information content (AvgIpc) is 0.790. The summed E-state index contributed by atoms with van der Waals surface area (Å²) in [6.45, 7) is -2.81. The van der Waals surface area contributed by atoms with Crippen molar-refractivity contribution < 1.29 is 210 Å². The quantitative estimate of drug-likeness (QED) is 0.0287. The smallest absolute Gasteiger partial charge is 0.390 e. The molecule has 8 heterocycles. The largest absolute Gasteiger partial charge is 0.397 e. The van der Waals surface area contributed by atoms with E-state index in [9.17, 15) is 117 Å². The first-order valence-electron chi connectivity index (χ1n) is 32.3. The van der Waals surface area contributed by atoms with Crippen LogP contribution < -0.4 is 21.3 Å². The molecule has 0 aliphatic carbocycles. The number of amides is 4. The molecule has 0 saturated carbocycles. The fraction of sp³-hybridized carbons (Fsp3) is 0.925. The first kappa shape index (κ1) is 87.9. The lowest BCUT2D eigenvalue weighted by molar-refractivity contribution is -0.352. The van der Waals surface area contributed by atoms with Gasteiger partial charge in [0.15, 0.2) is 50.3 Å². The van der Waals surface area contributed by atoms with Crippen molar-refractivity contribution in [1.82, 2.24) is 21.3 Å². The second-order valence-electron chi connectivity index (χ2n) is 25.4. The molecule has 32 atom stereocenters. The maximum absolute atomic E-state index is 12.8. The molecule has 8 saturated heterocycles. The zero-order valence-corrected chi connectivity index (χ0v) is 59.7. The summed E-state index contributed by atoms with van der Waals surface area (Å²) in [4.78, 5) is 50.0. The molecule has 0 spiro atoms. The number of carbonyl (C=O) groups excluding carboxylic acids is 4. The van der Waals surface area contributed by atoms with Crippen LogP contribution in [0.25, 0.3) is 0 Å². The van der Waals surface area contributed by atoms with Gasteiger partial charge >= 0.3 is 41.6 Å². The molecule has 8 fully saturated rings. The highest BCUT2D eigenvalue weighted by Crippen LogP contribution is 2.37. The Balaban J connectivity index is 0.915. The van der Waals surface area contributed by atoms with Crippen LogP contribution in [0.3, 0.4) is 0 Å². The third-order valence-electron chi connectivity index (χ3n) is 17.4. The number of carbonyl (C=O) groups is 4. The van der Waals surface area contributed by atoms with Crippen LogP contribution in [0.1, 0.15) is 53.4 Å². The maximum Gasteiger partial charge on any atom is 0.397 e. The van der Waals surface area contributed by atoms with Gasteiger partial charge in [0.05, 0.1) is 77.3 Å². The van der Waals surface area contributed by atoms with Crippen molar-refractivity contribution in [1.29, 1.82) is 0 Å². The van der Waals surface area contributed by atoms with Crippen molar-refractivity contribution in [3.05, 3.63) is 0 Å². The van der Waals surface area contributed by atoms with E-state index < -0.39 is 334 Å². The van der Waals surface area contributed by atoms with Gasteiger partial charge in [-0.05, 0) is 0 Å². The fourth-order valence-corrected chi connectivity index (χ4v) is 13.7. The van der Waals surface area contributed by atoms with Gasteiger partial charge in [0.25, 0.3) is 0 Å². The second kappa shape index (κ2) is 37.8. The Morgan fingerprint density at radius 3 is 0.783 bits per heavy atom. The molecule has 0 aromatic heterocycles. The van der Waals surface area contributed by atoms with Gasteiger partial charge in [0, 0.05) is 60.5 Å². The average molecular weight is 1630 g/mol. The van der Waals surface area contributed by atoms with E-state index >= 15 is 0 Å². The van der Waals surface area contributed by atoms with Gasteiger partial charge in [-0.3, -0.25) is 37.4 Å². The third-order valence-corrected chi connectivity index (χ3v) is 19.1. The van der Waals surface area contributed by atoms with E-state index in [1.165, 1.54) is 0 Å². The molecule has 0 bridgehead atoms. The molecule has 8 aliphatic heterocycles. The van der Waals surface area contributed by atoms with E-state index in [-0.39, 0.29) is 6.42 Å². The second-order valence-corrected chi connectivity index (χ2v) is 29.7.